The van der Waals surface area contributed by atoms with Crippen LogP contribution in [0.2, 0.25) is 0 Å². The molecular weight excluding hydrogens is 533 g/mol. The number of H-pyrrole nitrogens is 1. The fourth-order valence-electron chi connectivity index (χ4n) is 4.59. The van der Waals surface area contributed by atoms with Crippen LogP contribution in [0.5, 0.6) is 11.6 Å². The summed E-state index contributed by atoms with van der Waals surface area (Å²) in [4.78, 5) is 14.6. The van der Waals surface area contributed by atoms with Gasteiger partial charge in [0.1, 0.15) is 12.4 Å². The van der Waals surface area contributed by atoms with Gasteiger partial charge >= 0.3 is 6.18 Å². The van der Waals surface area contributed by atoms with Crippen LogP contribution in [0.15, 0.2) is 36.7 Å². The van der Waals surface area contributed by atoms with Crippen LogP contribution in [-0.2, 0) is 12.7 Å². The van der Waals surface area contributed by atoms with Gasteiger partial charge in [-0.2, -0.15) is 18.4 Å². The second kappa shape index (κ2) is 10.7. The summed E-state index contributed by atoms with van der Waals surface area (Å²) in [5, 5.41) is 12.4. The number of hydrogen-bond donors (Lipinski definition) is 2. The number of aromatic amines is 1. The molecule has 5 rings (SSSR count). The zero-order valence-electron chi connectivity index (χ0n) is 21.5. The van der Waals surface area contributed by atoms with Crippen LogP contribution < -0.4 is 10.1 Å². The van der Waals surface area contributed by atoms with E-state index in [1.54, 1.807) is 6.92 Å². The van der Waals surface area contributed by atoms with E-state index >= 15 is 4.39 Å². The van der Waals surface area contributed by atoms with E-state index in [0.717, 1.165) is 31.5 Å². The van der Waals surface area contributed by atoms with Crippen molar-refractivity contribution in [1.82, 2.24) is 24.8 Å². The van der Waals surface area contributed by atoms with Crippen molar-refractivity contribution in [3.63, 3.8) is 0 Å². The summed E-state index contributed by atoms with van der Waals surface area (Å²) in [7, 11) is 1.97. The van der Waals surface area contributed by atoms with Crippen molar-refractivity contribution in [2.75, 3.05) is 38.5 Å². The smallest absolute Gasteiger partial charge is 0.416 e. The van der Waals surface area contributed by atoms with E-state index in [4.69, 9.17) is 4.74 Å². The van der Waals surface area contributed by atoms with Gasteiger partial charge in [-0.1, -0.05) is 6.07 Å². The number of anilines is 2. The normalized spacial score (nSPS) is 14.8. The molecule has 0 saturated carbocycles. The van der Waals surface area contributed by atoms with Crippen molar-refractivity contribution < 1.29 is 26.7 Å². The number of aromatic nitrogens is 3. The van der Waals surface area contributed by atoms with Gasteiger partial charge in [-0.25, -0.2) is 18.7 Å². The summed E-state index contributed by atoms with van der Waals surface area (Å²) in [6.45, 7) is 4.63. The second-order valence-corrected chi connectivity index (χ2v) is 9.60. The second-order valence-electron chi connectivity index (χ2n) is 9.60. The molecule has 2 N–H and O–H groups in total. The predicted octanol–water partition coefficient (Wildman–Crippen LogP) is 5.72. The third-order valence-electron chi connectivity index (χ3n) is 6.70. The third kappa shape index (κ3) is 5.54. The SMILES string of the molecule is Cc1cc2c(F)c(Oc3ncnc(Nc4ccc(CN5CCN(C)CC5)c(C(F)(F)F)c4)c3C#N)cc(F)c2[nH]1. The van der Waals surface area contributed by atoms with Gasteiger partial charge in [-0.05, 0) is 37.7 Å². The number of likely N-dealkylation sites (N-methyl/N-ethyl adjacent to an activating group) is 1. The van der Waals surface area contributed by atoms with Gasteiger partial charge in [0.2, 0.25) is 5.88 Å². The highest BCUT2D eigenvalue weighted by atomic mass is 19.4. The number of piperazine rings is 1. The minimum absolute atomic E-state index is 0.0250. The molecule has 0 radical (unpaired) electrons. The molecule has 0 unspecified atom stereocenters. The van der Waals surface area contributed by atoms with Crippen LogP contribution in [0.3, 0.4) is 0 Å². The Labute approximate surface area is 226 Å². The summed E-state index contributed by atoms with van der Waals surface area (Å²) in [6.07, 6.45) is -3.62. The average Bonchev–Trinajstić information content (AvgIpc) is 3.31. The van der Waals surface area contributed by atoms with Crippen molar-refractivity contribution in [2.45, 2.75) is 19.6 Å². The summed E-state index contributed by atoms with van der Waals surface area (Å²) in [6, 6.07) is 7.85. The number of rotatable bonds is 6. The van der Waals surface area contributed by atoms with Crippen molar-refractivity contribution in [1.29, 1.82) is 5.26 Å². The molecule has 0 spiro atoms. The Bertz CT molecular complexity index is 1600. The van der Waals surface area contributed by atoms with Crippen LogP contribution in [0.1, 0.15) is 22.4 Å². The number of nitrogens with zero attached hydrogens (tertiary/aromatic N) is 5. The molecule has 4 aromatic rings. The zero-order valence-corrected chi connectivity index (χ0v) is 21.5. The first-order valence-corrected chi connectivity index (χ1v) is 12.3. The molecule has 3 heterocycles. The summed E-state index contributed by atoms with van der Waals surface area (Å²) >= 11 is 0. The number of halogens is 5. The fourth-order valence-corrected chi connectivity index (χ4v) is 4.59. The largest absolute Gasteiger partial charge is 0.434 e. The molecule has 1 aliphatic heterocycles. The molecule has 13 heteroatoms. The Balaban J connectivity index is 1.43. The Morgan fingerprint density at radius 1 is 1.10 bits per heavy atom. The van der Waals surface area contributed by atoms with E-state index in [2.05, 4.69) is 25.2 Å². The number of benzene rings is 2. The molecular formula is C27H24F5N7O. The molecule has 0 aliphatic carbocycles. The minimum atomic E-state index is -4.62. The van der Waals surface area contributed by atoms with E-state index in [0.29, 0.717) is 18.8 Å². The Morgan fingerprint density at radius 3 is 2.55 bits per heavy atom. The number of ether oxygens (including phenoxy) is 1. The van der Waals surface area contributed by atoms with Gasteiger partial charge in [0.05, 0.1) is 11.1 Å². The highest BCUT2D eigenvalue weighted by Gasteiger charge is 2.34. The van der Waals surface area contributed by atoms with Crippen LogP contribution >= 0.6 is 0 Å². The van der Waals surface area contributed by atoms with Crippen LogP contribution in [0, 0.1) is 29.9 Å². The Morgan fingerprint density at radius 2 is 1.85 bits per heavy atom. The zero-order chi connectivity index (χ0) is 28.6. The molecule has 0 amide bonds. The number of aryl methyl sites for hydroxylation is 1. The molecule has 1 aliphatic rings. The van der Waals surface area contributed by atoms with Gasteiger partial charge in [-0.3, -0.25) is 4.90 Å². The standard InChI is InChI=1S/C27H24F5N7O/c1-15-9-18-23(29)22(11-21(28)24(18)36-15)40-26-19(12-33)25(34-14-35-26)37-17-4-3-16(20(10-17)27(30,31)32)13-39-7-5-38(2)6-8-39/h3-4,9-11,14,36H,5-8,13H2,1-2H3,(H,34,35,37). The van der Waals surface area contributed by atoms with Gasteiger partial charge in [0, 0.05) is 55.6 Å². The number of nitrogens with one attached hydrogen (secondary N) is 2. The van der Waals surface area contributed by atoms with E-state index in [-0.39, 0.29) is 40.1 Å². The quantitative estimate of drug-likeness (QED) is 0.293. The highest BCUT2D eigenvalue weighted by molar-refractivity contribution is 5.83. The maximum absolute atomic E-state index is 15.0. The van der Waals surface area contributed by atoms with Crippen LogP contribution in [-0.4, -0.2) is 58.0 Å². The Kier molecular flexibility index (Phi) is 7.31. The van der Waals surface area contributed by atoms with Gasteiger partial charge in [0.25, 0.3) is 0 Å². The molecule has 2 aromatic carbocycles. The molecule has 208 valence electrons. The van der Waals surface area contributed by atoms with Crippen molar-refractivity contribution in [3.05, 3.63) is 70.7 Å². The van der Waals surface area contributed by atoms with Crippen molar-refractivity contribution in [3.8, 4) is 17.7 Å². The summed E-state index contributed by atoms with van der Waals surface area (Å²) in [5.41, 5.74) is -0.469. The monoisotopic (exact) mass is 557 g/mol. The predicted molar refractivity (Wildman–Crippen MR) is 137 cm³/mol. The maximum Gasteiger partial charge on any atom is 0.416 e. The first-order chi connectivity index (χ1) is 19.0. The topological polar surface area (TPSA) is 93.1 Å². The fraction of sp³-hybridized carbons (Fsp3) is 0.296. The first kappa shape index (κ1) is 27.3. The van der Waals surface area contributed by atoms with Crippen molar-refractivity contribution in [2.24, 2.45) is 0 Å². The number of nitriles is 1. The minimum Gasteiger partial charge on any atom is -0.434 e. The van der Waals surface area contributed by atoms with E-state index in [1.165, 1.54) is 18.2 Å². The van der Waals surface area contributed by atoms with Crippen molar-refractivity contribution >= 4 is 22.4 Å². The average molecular weight is 558 g/mol. The third-order valence-corrected chi connectivity index (χ3v) is 6.70. The molecule has 0 atom stereocenters. The molecule has 8 nitrogen and oxygen atoms in total. The maximum atomic E-state index is 15.0. The lowest BCUT2D eigenvalue weighted by Gasteiger charge is -2.33. The van der Waals surface area contributed by atoms with Gasteiger partial charge < -0.3 is 19.9 Å². The highest BCUT2D eigenvalue weighted by Crippen LogP contribution is 2.37. The van der Waals surface area contributed by atoms with Gasteiger partial charge in [-0.15, -0.1) is 0 Å². The first-order valence-electron chi connectivity index (χ1n) is 12.3. The summed E-state index contributed by atoms with van der Waals surface area (Å²) in [5.74, 6) is -2.72. The lowest BCUT2D eigenvalue weighted by Crippen LogP contribution is -2.44. The van der Waals surface area contributed by atoms with Crippen LogP contribution in [0.4, 0.5) is 33.5 Å². The molecule has 0 bridgehead atoms. The van der Waals surface area contributed by atoms with E-state index < -0.39 is 35.0 Å². The lowest BCUT2D eigenvalue weighted by atomic mass is 10.0. The lowest BCUT2D eigenvalue weighted by molar-refractivity contribution is -0.138. The molecule has 1 saturated heterocycles. The number of alkyl halides is 3. The summed E-state index contributed by atoms with van der Waals surface area (Å²) < 4.78 is 77.0. The molecule has 1 fully saturated rings. The van der Waals surface area contributed by atoms with Crippen LogP contribution in [0.25, 0.3) is 10.9 Å². The van der Waals surface area contributed by atoms with Gasteiger partial charge in [0.15, 0.2) is 28.8 Å². The molecule has 2 aromatic heterocycles. The molecule has 40 heavy (non-hydrogen) atoms. The van der Waals surface area contributed by atoms with E-state index in [1.807, 2.05) is 18.0 Å². The number of fused-ring (bicyclic) bond motifs is 1. The van der Waals surface area contributed by atoms with E-state index in [9.17, 15) is 22.8 Å². The Hall–Kier alpha value is -4.28. The number of hydrogen-bond acceptors (Lipinski definition) is 7.